The van der Waals surface area contributed by atoms with E-state index in [2.05, 4.69) is 5.32 Å². The number of fused-ring (bicyclic) bond motifs is 1. The molecule has 0 heterocycles. The Kier molecular flexibility index (Phi) is 5.56. The first kappa shape index (κ1) is 17.7. The van der Waals surface area contributed by atoms with Gasteiger partial charge in [0.25, 0.3) is 0 Å². The van der Waals surface area contributed by atoms with Crippen molar-refractivity contribution in [3.63, 3.8) is 0 Å². The first-order chi connectivity index (χ1) is 12.1. The molecule has 1 fully saturated rings. The third kappa shape index (κ3) is 3.78. The summed E-state index contributed by atoms with van der Waals surface area (Å²) in [5.74, 6) is 0.645. The van der Waals surface area contributed by atoms with Crippen molar-refractivity contribution < 1.29 is 19.4 Å². The Morgan fingerprint density at radius 3 is 2.76 bits per heavy atom. The summed E-state index contributed by atoms with van der Waals surface area (Å²) in [5.41, 5.74) is 0.980. The highest BCUT2D eigenvalue weighted by Gasteiger charge is 2.32. The Bertz CT molecular complexity index is 746. The molecule has 3 rings (SSSR count). The number of hydrogen-bond acceptors (Lipinski definition) is 4. The quantitative estimate of drug-likeness (QED) is 0.876. The van der Waals surface area contributed by atoms with E-state index in [9.17, 15) is 9.90 Å². The van der Waals surface area contributed by atoms with Crippen molar-refractivity contribution >= 4 is 16.7 Å². The molecule has 0 aromatic heterocycles. The van der Waals surface area contributed by atoms with Crippen LogP contribution in [0.3, 0.4) is 0 Å². The molecule has 2 aromatic rings. The molecule has 134 valence electrons. The van der Waals surface area contributed by atoms with Crippen molar-refractivity contribution in [2.24, 2.45) is 5.92 Å². The van der Waals surface area contributed by atoms with Gasteiger partial charge in [0.1, 0.15) is 5.75 Å². The molecule has 1 saturated carbocycles. The lowest BCUT2D eigenvalue weighted by molar-refractivity contribution is -0.130. The van der Waals surface area contributed by atoms with Gasteiger partial charge in [-0.2, -0.15) is 0 Å². The number of carbonyl (C=O) groups is 1. The van der Waals surface area contributed by atoms with Gasteiger partial charge in [0.05, 0.1) is 19.3 Å². The average Bonchev–Trinajstić information content (AvgIpc) is 2.66. The number of carbonyl (C=O) groups excluding carboxylic acids is 1. The van der Waals surface area contributed by atoms with E-state index in [4.69, 9.17) is 9.47 Å². The molecule has 1 aliphatic carbocycles. The number of rotatable bonds is 5. The zero-order valence-electron chi connectivity index (χ0n) is 14.7. The lowest BCUT2D eigenvalue weighted by Gasteiger charge is -2.31. The van der Waals surface area contributed by atoms with Gasteiger partial charge >= 0.3 is 0 Å². The molecular formula is C20H25NO4. The number of hydrogen-bond donors (Lipinski definition) is 2. The molecule has 0 unspecified atom stereocenters. The van der Waals surface area contributed by atoms with Gasteiger partial charge in [0, 0.05) is 25.1 Å². The Balaban J connectivity index is 1.73. The fourth-order valence-electron chi connectivity index (χ4n) is 3.61. The van der Waals surface area contributed by atoms with Gasteiger partial charge in [-0.05, 0) is 36.1 Å². The van der Waals surface area contributed by atoms with Crippen molar-refractivity contribution in [3.8, 4) is 5.75 Å². The molecule has 2 aromatic carbocycles. The molecule has 0 aliphatic heterocycles. The minimum atomic E-state index is -0.479. The van der Waals surface area contributed by atoms with Crippen LogP contribution in [0.25, 0.3) is 10.8 Å². The minimum absolute atomic E-state index is 0.00365. The van der Waals surface area contributed by atoms with E-state index >= 15 is 0 Å². The van der Waals surface area contributed by atoms with E-state index in [1.165, 1.54) is 0 Å². The molecular weight excluding hydrogens is 318 g/mol. The molecule has 1 aliphatic rings. The number of amides is 1. The zero-order valence-corrected chi connectivity index (χ0v) is 14.7. The van der Waals surface area contributed by atoms with Gasteiger partial charge in [-0.15, -0.1) is 0 Å². The summed E-state index contributed by atoms with van der Waals surface area (Å²) >= 11 is 0. The Morgan fingerprint density at radius 1 is 1.20 bits per heavy atom. The Labute approximate surface area is 147 Å². The van der Waals surface area contributed by atoms with E-state index in [-0.39, 0.29) is 17.9 Å². The first-order valence-corrected chi connectivity index (χ1v) is 8.67. The molecule has 5 heteroatoms. The van der Waals surface area contributed by atoms with Crippen LogP contribution in [0.2, 0.25) is 0 Å². The second-order valence-electron chi connectivity index (χ2n) is 6.54. The minimum Gasteiger partial charge on any atom is -0.496 e. The third-order valence-corrected chi connectivity index (χ3v) is 5.09. The smallest absolute Gasteiger partial charge is 0.223 e. The van der Waals surface area contributed by atoms with E-state index in [0.717, 1.165) is 22.1 Å². The normalized spacial score (nSPS) is 23.4. The number of aliphatic hydroxyl groups excluding tert-OH is 1. The Hall–Kier alpha value is -2.11. The average molecular weight is 343 g/mol. The summed E-state index contributed by atoms with van der Waals surface area (Å²) < 4.78 is 10.8. The maximum absolute atomic E-state index is 12.6. The summed E-state index contributed by atoms with van der Waals surface area (Å²) in [7, 11) is 3.22. The van der Waals surface area contributed by atoms with Crippen LogP contribution in [0.1, 0.15) is 24.8 Å². The highest BCUT2D eigenvalue weighted by Crippen LogP contribution is 2.29. The van der Waals surface area contributed by atoms with Crippen LogP contribution >= 0.6 is 0 Å². The van der Waals surface area contributed by atoms with Crippen molar-refractivity contribution in [2.45, 2.75) is 38.0 Å². The monoisotopic (exact) mass is 343 g/mol. The first-order valence-electron chi connectivity index (χ1n) is 8.67. The number of nitrogens with one attached hydrogen (secondary N) is 1. The molecule has 0 bridgehead atoms. The van der Waals surface area contributed by atoms with Crippen LogP contribution in [-0.2, 0) is 16.1 Å². The molecule has 1 amide bonds. The summed E-state index contributed by atoms with van der Waals surface area (Å²) in [6.45, 7) is 0.417. The molecule has 0 saturated heterocycles. The van der Waals surface area contributed by atoms with Crippen LogP contribution in [0.5, 0.6) is 5.75 Å². The van der Waals surface area contributed by atoms with E-state index < -0.39 is 6.10 Å². The molecule has 0 radical (unpaired) electrons. The second-order valence-corrected chi connectivity index (χ2v) is 6.54. The lowest BCUT2D eigenvalue weighted by Crippen LogP contribution is -2.41. The van der Waals surface area contributed by atoms with Gasteiger partial charge in [-0.3, -0.25) is 4.79 Å². The van der Waals surface area contributed by atoms with Gasteiger partial charge in [0.15, 0.2) is 0 Å². The highest BCUT2D eigenvalue weighted by atomic mass is 16.5. The van der Waals surface area contributed by atoms with Gasteiger partial charge in [-0.25, -0.2) is 0 Å². The number of methoxy groups -OCH3 is 2. The highest BCUT2D eigenvalue weighted by molar-refractivity contribution is 5.88. The summed E-state index contributed by atoms with van der Waals surface area (Å²) in [6.07, 6.45) is 1.08. The van der Waals surface area contributed by atoms with Crippen LogP contribution in [0.15, 0.2) is 36.4 Å². The van der Waals surface area contributed by atoms with Gasteiger partial charge < -0.3 is 19.9 Å². The van der Waals surface area contributed by atoms with Crippen molar-refractivity contribution in [3.05, 3.63) is 42.0 Å². The van der Waals surface area contributed by atoms with E-state index in [0.29, 0.717) is 25.8 Å². The standard InChI is InChI=1S/C20H25NO4/c1-24-18-10-8-13-5-3-4-6-15(13)16(18)12-21-20(23)14-7-9-17(22)19(11-14)25-2/h3-6,8,10,14,17,19,22H,7,9,11-12H2,1-2H3,(H,21,23)/t14-,17+,19-/m1/s1. The van der Waals surface area contributed by atoms with Gasteiger partial charge in [0.2, 0.25) is 5.91 Å². The second kappa shape index (κ2) is 7.85. The summed E-state index contributed by atoms with van der Waals surface area (Å²) in [6, 6.07) is 12.0. The molecule has 2 N–H and O–H groups in total. The van der Waals surface area contributed by atoms with Crippen LogP contribution in [-0.4, -0.2) is 37.4 Å². The molecule has 5 nitrogen and oxygen atoms in total. The fraction of sp³-hybridized carbons (Fsp3) is 0.450. The zero-order chi connectivity index (χ0) is 17.8. The van der Waals surface area contributed by atoms with Crippen molar-refractivity contribution in [1.29, 1.82) is 0 Å². The van der Waals surface area contributed by atoms with E-state index in [1.807, 2.05) is 36.4 Å². The Morgan fingerprint density at radius 2 is 2.00 bits per heavy atom. The molecule has 25 heavy (non-hydrogen) atoms. The largest absolute Gasteiger partial charge is 0.496 e. The SMILES string of the molecule is COc1ccc2ccccc2c1CNC(=O)[C@@H]1CC[C@H](O)[C@H](OC)C1. The molecule has 3 atom stereocenters. The lowest BCUT2D eigenvalue weighted by atomic mass is 9.84. The van der Waals surface area contributed by atoms with Crippen molar-refractivity contribution in [1.82, 2.24) is 5.32 Å². The number of benzene rings is 2. The predicted octanol–water partition coefficient (Wildman–Crippen LogP) is 2.64. The van der Waals surface area contributed by atoms with Crippen LogP contribution < -0.4 is 10.1 Å². The number of aliphatic hydroxyl groups is 1. The third-order valence-electron chi connectivity index (χ3n) is 5.09. The fourth-order valence-corrected chi connectivity index (χ4v) is 3.61. The maximum atomic E-state index is 12.6. The van der Waals surface area contributed by atoms with E-state index in [1.54, 1.807) is 14.2 Å². The predicted molar refractivity (Wildman–Crippen MR) is 96.5 cm³/mol. The van der Waals surface area contributed by atoms with Crippen molar-refractivity contribution in [2.75, 3.05) is 14.2 Å². The number of ether oxygens (including phenoxy) is 2. The topological polar surface area (TPSA) is 67.8 Å². The van der Waals surface area contributed by atoms with Crippen LogP contribution in [0.4, 0.5) is 0 Å². The van der Waals surface area contributed by atoms with Crippen LogP contribution in [0, 0.1) is 5.92 Å². The summed E-state index contributed by atoms with van der Waals surface area (Å²) in [4.78, 5) is 12.6. The molecule has 0 spiro atoms. The summed E-state index contributed by atoms with van der Waals surface area (Å²) in [5, 5.41) is 15.1. The maximum Gasteiger partial charge on any atom is 0.223 e. The van der Waals surface area contributed by atoms with Gasteiger partial charge in [-0.1, -0.05) is 30.3 Å².